The van der Waals surface area contributed by atoms with Crippen LogP contribution in [0, 0.1) is 6.92 Å². The number of carbonyl (C=O) groups is 1. The van der Waals surface area contributed by atoms with Crippen molar-refractivity contribution in [2.75, 3.05) is 25.1 Å². The minimum atomic E-state index is -2.92. The van der Waals surface area contributed by atoms with Gasteiger partial charge in [-0.25, -0.2) is 9.67 Å². The molecule has 1 aromatic heterocycles. The van der Waals surface area contributed by atoms with Crippen LogP contribution < -0.4 is 15.0 Å². The first-order valence-corrected chi connectivity index (χ1v) is 12.5. The predicted octanol–water partition coefficient (Wildman–Crippen LogP) is 5.46. The monoisotopic (exact) mass is 519 g/mol. The Morgan fingerprint density at radius 1 is 1.17 bits per heavy atom. The van der Waals surface area contributed by atoms with Gasteiger partial charge in [-0.05, 0) is 43.5 Å². The van der Waals surface area contributed by atoms with Crippen LogP contribution in [0.4, 0.5) is 14.5 Å². The fraction of sp³-hybridized carbons (Fsp3) is 0.423. The molecular weight excluding hydrogens is 483 g/mol. The first-order chi connectivity index (χ1) is 17.1. The quantitative estimate of drug-likeness (QED) is 0.360. The number of halogens is 2. The lowest BCUT2D eigenvalue weighted by Gasteiger charge is -2.24. The second-order valence-electron chi connectivity index (χ2n) is 8.31. The van der Waals surface area contributed by atoms with Crippen molar-refractivity contribution >= 4 is 20.8 Å². The van der Waals surface area contributed by atoms with E-state index in [1.807, 2.05) is 13.0 Å². The highest BCUT2D eigenvalue weighted by Crippen LogP contribution is 2.34. The number of aromatic nitrogens is 3. The molecule has 3 rings (SSSR count). The third kappa shape index (κ3) is 8.86. The summed E-state index contributed by atoms with van der Waals surface area (Å²) in [5.41, 5.74) is -0.238. The molecule has 0 aliphatic heterocycles. The molecule has 1 heterocycles. The molecule has 1 atom stereocenters. The van der Waals surface area contributed by atoms with E-state index in [2.05, 4.69) is 46.3 Å². The molecule has 7 nitrogen and oxygen atoms in total. The minimum absolute atomic E-state index is 0.0737. The molecule has 0 bridgehead atoms. The van der Waals surface area contributed by atoms with E-state index in [-0.39, 0.29) is 18.0 Å². The van der Waals surface area contributed by atoms with Gasteiger partial charge in [-0.15, -0.1) is 0 Å². The lowest BCUT2D eigenvalue weighted by molar-refractivity contribution is -0.119. The number of benzene rings is 2. The molecule has 10 heteroatoms. The summed E-state index contributed by atoms with van der Waals surface area (Å²) in [4.78, 5) is 17.2. The van der Waals surface area contributed by atoms with Gasteiger partial charge in [0.25, 0.3) is 5.66 Å². The number of ether oxygens (including phenoxy) is 1. The number of alkyl halides is 2. The van der Waals surface area contributed by atoms with Gasteiger partial charge in [0.1, 0.15) is 23.6 Å². The van der Waals surface area contributed by atoms with Gasteiger partial charge in [0.15, 0.2) is 0 Å². The maximum Gasteiger partial charge on any atom is 0.283 e. The Balaban J connectivity index is 0.000000269. The van der Waals surface area contributed by atoms with Crippen LogP contribution in [0.1, 0.15) is 50.6 Å². The van der Waals surface area contributed by atoms with Crippen LogP contribution in [0.2, 0.25) is 0 Å². The van der Waals surface area contributed by atoms with Gasteiger partial charge < -0.3 is 15.0 Å². The minimum Gasteiger partial charge on any atom is -0.494 e. The van der Waals surface area contributed by atoms with Crippen LogP contribution in [0.15, 0.2) is 48.8 Å². The zero-order valence-electron chi connectivity index (χ0n) is 21.6. The fourth-order valence-corrected chi connectivity index (χ4v) is 3.72. The van der Waals surface area contributed by atoms with E-state index in [4.69, 9.17) is 4.74 Å². The molecule has 0 fully saturated rings. The first-order valence-electron chi connectivity index (χ1n) is 11.9. The third-order valence-electron chi connectivity index (χ3n) is 5.22. The van der Waals surface area contributed by atoms with Crippen LogP contribution >= 0.6 is 9.24 Å². The summed E-state index contributed by atoms with van der Waals surface area (Å²) in [5, 5.41) is 6.90. The molecule has 196 valence electrons. The smallest absolute Gasteiger partial charge is 0.283 e. The second kappa shape index (κ2) is 13.9. The van der Waals surface area contributed by atoms with E-state index in [0.29, 0.717) is 5.56 Å². The molecule has 1 amide bonds. The molecule has 36 heavy (non-hydrogen) atoms. The topological polar surface area (TPSA) is 72.3 Å². The number of nitrogens with one attached hydrogen (secondary N) is 1. The average molecular weight is 520 g/mol. The third-order valence-corrected chi connectivity index (χ3v) is 5.56. The summed E-state index contributed by atoms with van der Waals surface area (Å²) in [7, 11) is 3.18. The number of anilines is 1. The highest BCUT2D eigenvalue weighted by atomic mass is 31.0. The number of hydrogen-bond donors (Lipinski definition) is 1. The number of nitrogens with zero attached hydrogens (tertiary/aromatic N) is 4. The zero-order valence-corrected chi connectivity index (χ0v) is 22.7. The molecule has 1 unspecified atom stereocenters. The summed E-state index contributed by atoms with van der Waals surface area (Å²) >= 11 is 0. The number of aryl methyl sites for hydroxylation is 1. The van der Waals surface area contributed by atoms with Crippen molar-refractivity contribution in [2.24, 2.45) is 0 Å². The number of rotatable bonds is 10. The molecule has 0 spiro atoms. The molecule has 3 aromatic rings. The van der Waals surface area contributed by atoms with Crippen molar-refractivity contribution in [3.8, 4) is 11.4 Å². The number of carbonyl (C=O) groups excluding carboxylic acids is 1. The van der Waals surface area contributed by atoms with Crippen molar-refractivity contribution in [3.05, 3.63) is 65.7 Å². The average Bonchev–Trinajstić information content (AvgIpc) is 3.28. The van der Waals surface area contributed by atoms with E-state index in [1.165, 1.54) is 34.0 Å². The Bertz CT molecular complexity index is 1110. The van der Waals surface area contributed by atoms with Crippen molar-refractivity contribution in [3.63, 3.8) is 0 Å². The molecule has 2 aromatic carbocycles. The fourth-order valence-electron chi connectivity index (χ4n) is 3.54. The van der Waals surface area contributed by atoms with Crippen molar-refractivity contribution in [1.29, 1.82) is 0 Å². The number of hydrogen-bond acceptors (Lipinski definition) is 5. The van der Waals surface area contributed by atoms with Crippen molar-refractivity contribution < 1.29 is 18.3 Å². The summed E-state index contributed by atoms with van der Waals surface area (Å²) in [5.74, 6) is 1.38. The van der Waals surface area contributed by atoms with Crippen molar-refractivity contribution in [2.45, 2.75) is 52.7 Å². The highest BCUT2D eigenvalue weighted by molar-refractivity contribution is 7.17. The Morgan fingerprint density at radius 3 is 2.39 bits per heavy atom. The van der Waals surface area contributed by atoms with Crippen molar-refractivity contribution in [1.82, 2.24) is 20.1 Å². The van der Waals surface area contributed by atoms with Gasteiger partial charge in [0.2, 0.25) is 5.91 Å². The molecule has 0 aliphatic carbocycles. The van der Waals surface area contributed by atoms with Crippen LogP contribution in [0.5, 0.6) is 5.75 Å². The standard InChI is InChI=1S/C16H24N4O.C10H12F2NOP/c1-5-9-19(10-6-2)14-7-8-15(16(11-14)21-4)20-12-17-13(3)18-20;1-7(14)13-6-8-3-2-4-9(5-8)10(11,12)15/h7-8,11-12H,5-6,9-10H2,1-4H3;2-5H,6,15H2,1H3,(H,13,14). The molecular formula is C26H36F2N5O2P. The van der Waals surface area contributed by atoms with Gasteiger partial charge in [-0.2, -0.15) is 13.9 Å². The van der Waals surface area contributed by atoms with Crippen LogP contribution in [-0.4, -0.2) is 40.9 Å². The van der Waals surface area contributed by atoms with Gasteiger partial charge in [0.05, 0.1) is 7.11 Å². The van der Waals surface area contributed by atoms with Crippen LogP contribution in [0.3, 0.4) is 0 Å². The molecule has 0 saturated carbocycles. The van der Waals surface area contributed by atoms with Gasteiger partial charge in [-0.3, -0.25) is 4.79 Å². The van der Waals surface area contributed by atoms with E-state index < -0.39 is 5.66 Å². The lowest BCUT2D eigenvalue weighted by Crippen LogP contribution is -2.24. The van der Waals surface area contributed by atoms with E-state index >= 15 is 0 Å². The highest BCUT2D eigenvalue weighted by Gasteiger charge is 2.24. The van der Waals surface area contributed by atoms with Gasteiger partial charge in [0, 0.05) is 43.9 Å². The Kier molecular flexibility index (Phi) is 11.2. The molecule has 0 aliphatic rings. The zero-order chi connectivity index (χ0) is 26.7. The summed E-state index contributed by atoms with van der Waals surface area (Å²) in [6.45, 7) is 10.0. The predicted molar refractivity (Wildman–Crippen MR) is 143 cm³/mol. The largest absolute Gasteiger partial charge is 0.494 e. The van der Waals surface area contributed by atoms with E-state index in [1.54, 1.807) is 30.3 Å². The SMILES string of the molecule is CC(=O)NCc1cccc(C(F)(F)P)c1.CCCN(CCC)c1ccc(-n2cnc(C)n2)c(OC)c1. The van der Waals surface area contributed by atoms with Crippen LogP contribution in [0.25, 0.3) is 5.69 Å². The van der Waals surface area contributed by atoms with E-state index in [0.717, 1.165) is 43.2 Å². The summed E-state index contributed by atoms with van der Waals surface area (Å²) in [6.07, 6.45) is 3.97. The maximum absolute atomic E-state index is 12.9. The normalized spacial score (nSPS) is 10.9. The Morgan fingerprint density at radius 2 is 1.86 bits per heavy atom. The molecule has 0 saturated heterocycles. The summed E-state index contributed by atoms with van der Waals surface area (Å²) < 4.78 is 33.1. The van der Waals surface area contributed by atoms with Gasteiger partial charge >= 0.3 is 0 Å². The number of amides is 1. The Hall–Kier alpha value is -3.06. The van der Waals surface area contributed by atoms with Gasteiger partial charge in [-0.1, -0.05) is 41.3 Å². The van der Waals surface area contributed by atoms with Crippen LogP contribution in [-0.2, 0) is 17.0 Å². The van der Waals surface area contributed by atoms with E-state index in [9.17, 15) is 13.6 Å². The molecule has 1 N–H and O–H groups in total. The Labute approximate surface area is 214 Å². The second-order valence-corrected chi connectivity index (χ2v) is 9.04. The lowest BCUT2D eigenvalue weighted by atomic mass is 10.1. The number of methoxy groups -OCH3 is 1. The maximum atomic E-state index is 12.9. The first kappa shape index (κ1) is 29.2. The summed E-state index contributed by atoms with van der Waals surface area (Å²) in [6, 6.07) is 12.2. The molecule has 0 radical (unpaired) electrons.